The quantitative estimate of drug-likeness (QED) is 0.733. The second-order valence-corrected chi connectivity index (χ2v) is 6.74. The van der Waals surface area contributed by atoms with E-state index in [2.05, 4.69) is 15.6 Å². The number of fused-ring (bicyclic) bond motifs is 1. The fourth-order valence-electron chi connectivity index (χ4n) is 3.38. The van der Waals surface area contributed by atoms with Gasteiger partial charge in [-0.15, -0.1) is 0 Å². The topological polar surface area (TPSA) is 76.0 Å². The van der Waals surface area contributed by atoms with Crippen LogP contribution in [0, 0.1) is 5.82 Å². The number of aromatic nitrogens is 2. The van der Waals surface area contributed by atoms with E-state index < -0.39 is 11.9 Å². The molecule has 0 radical (unpaired) electrons. The number of carbonyl (C=O) groups is 2. The van der Waals surface area contributed by atoms with E-state index in [-0.39, 0.29) is 11.8 Å². The average Bonchev–Trinajstić information content (AvgIpc) is 3.12. The summed E-state index contributed by atoms with van der Waals surface area (Å²) in [5.41, 5.74) is 2.43. The average molecular weight is 378 g/mol. The van der Waals surface area contributed by atoms with Gasteiger partial charge in [0.25, 0.3) is 5.91 Å². The monoisotopic (exact) mass is 378 g/mol. The number of hydrogen-bond acceptors (Lipinski definition) is 3. The van der Waals surface area contributed by atoms with Crippen molar-refractivity contribution in [3.8, 4) is 0 Å². The number of amides is 2. The molecule has 1 atom stereocenters. The first-order chi connectivity index (χ1) is 13.5. The number of nitrogens with one attached hydrogen (secondary N) is 2. The first kappa shape index (κ1) is 17.9. The Morgan fingerprint density at radius 3 is 2.82 bits per heavy atom. The Morgan fingerprint density at radius 2 is 2.07 bits per heavy atom. The van der Waals surface area contributed by atoms with Crippen molar-refractivity contribution in [3.05, 3.63) is 83.2 Å². The number of benzene rings is 2. The largest absolute Gasteiger partial charge is 0.338 e. The molecule has 28 heavy (non-hydrogen) atoms. The number of aryl methyl sites for hydroxylation is 2. The Labute approximate surface area is 161 Å². The van der Waals surface area contributed by atoms with E-state index in [4.69, 9.17) is 0 Å². The Hall–Kier alpha value is -3.48. The van der Waals surface area contributed by atoms with E-state index in [1.165, 1.54) is 6.07 Å². The van der Waals surface area contributed by atoms with Crippen molar-refractivity contribution in [1.82, 2.24) is 14.9 Å². The van der Waals surface area contributed by atoms with E-state index in [0.29, 0.717) is 29.8 Å². The highest BCUT2D eigenvalue weighted by Gasteiger charge is 2.25. The van der Waals surface area contributed by atoms with Gasteiger partial charge < -0.3 is 15.2 Å². The van der Waals surface area contributed by atoms with Crippen LogP contribution in [-0.4, -0.2) is 21.4 Å². The minimum atomic E-state index is -0.732. The molecule has 1 aliphatic rings. The fourth-order valence-corrected chi connectivity index (χ4v) is 3.38. The van der Waals surface area contributed by atoms with E-state index in [9.17, 15) is 14.0 Å². The van der Waals surface area contributed by atoms with Crippen molar-refractivity contribution in [3.63, 3.8) is 0 Å². The van der Waals surface area contributed by atoms with Crippen molar-refractivity contribution in [2.45, 2.75) is 18.9 Å². The summed E-state index contributed by atoms with van der Waals surface area (Å²) >= 11 is 0. The van der Waals surface area contributed by atoms with E-state index in [0.717, 1.165) is 11.3 Å². The lowest BCUT2D eigenvalue weighted by Gasteiger charge is -2.21. The SMILES string of the molecule is Cn1ccnc1C(NC(=O)c1ccc2c(c1)CCC(=O)N2)c1ccccc1F. The molecule has 3 aromatic rings. The number of carbonyl (C=O) groups excluding carboxylic acids is 2. The highest BCUT2D eigenvalue weighted by molar-refractivity contribution is 5.98. The van der Waals surface area contributed by atoms with Crippen LogP contribution < -0.4 is 10.6 Å². The van der Waals surface area contributed by atoms with Crippen LogP contribution >= 0.6 is 0 Å². The van der Waals surface area contributed by atoms with Crippen LogP contribution in [0.4, 0.5) is 10.1 Å². The molecule has 142 valence electrons. The Kier molecular flexibility index (Phi) is 4.65. The molecule has 2 N–H and O–H groups in total. The van der Waals surface area contributed by atoms with Crippen LogP contribution in [0.5, 0.6) is 0 Å². The second kappa shape index (κ2) is 7.26. The minimum absolute atomic E-state index is 0.0286. The maximum Gasteiger partial charge on any atom is 0.252 e. The predicted molar refractivity (Wildman–Crippen MR) is 102 cm³/mol. The minimum Gasteiger partial charge on any atom is -0.338 e. The number of hydrogen-bond donors (Lipinski definition) is 2. The molecule has 2 heterocycles. The Bertz CT molecular complexity index is 1060. The highest BCUT2D eigenvalue weighted by Crippen LogP contribution is 2.26. The molecule has 4 rings (SSSR count). The molecule has 0 aliphatic carbocycles. The summed E-state index contributed by atoms with van der Waals surface area (Å²) in [6.07, 6.45) is 4.33. The van der Waals surface area contributed by atoms with Gasteiger partial charge in [0.05, 0.1) is 0 Å². The molecule has 2 aromatic carbocycles. The second-order valence-electron chi connectivity index (χ2n) is 6.74. The number of rotatable bonds is 4. The lowest BCUT2D eigenvalue weighted by atomic mass is 9.99. The van der Waals surface area contributed by atoms with Crippen molar-refractivity contribution in [1.29, 1.82) is 0 Å². The highest BCUT2D eigenvalue weighted by atomic mass is 19.1. The molecule has 0 saturated heterocycles. The van der Waals surface area contributed by atoms with Crippen LogP contribution in [-0.2, 0) is 18.3 Å². The molecule has 6 nitrogen and oxygen atoms in total. The molecule has 2 amide bonds. The van der Waals surface area contributed by atoms with E-state index in [1.54, 1.807) is 60.4 Å². The van der Waals surface area contributed by atoms with Gasteiger partial charge in [-0.2, -0.15) is 0 Å². The standard InChI is InChI=1S/C21H19FN4O2/c1-26-11-10-23-20(26)19(15-4-2-3-5-16(15)22)25-21(28)14-6-8-17-13(12-14)7-9-18(27)24-17/h2-6,8,10-12,19H,7,9H2,1H3,(H,24,27)(H,25,28). The Balaban J connectivity index is 1.66. The maximum atomic E-state index is 14.4. The third-order valence-corrected chi connectivity index (χ3v) is 4.87. The number of nitrogens with zero attached hydrogens (tertiary/aromatic N) is 2. The third-order valence-electron chi connectivity index (χ3n) is 4.87. The van der Waals surface area contributed by atoms with Gasteiger partial charge in [0, 0.05) is 42.7 Å². The van der Waals surface area contributed by atoms with Gasteiger partial charge in [-0.1, -0.05) is 18.2 Å². The third kappa shape index (κ3) is 3.38. The van der Waals surface area contributed by atoms with Crippen LogP contribution in [0.2, 0.25) is 0 Å². The molecule has 1 aliphatic heterocycles. The molecular weight excluding hydrogens is 359 g/mol. The molecule has 0 saturated carbocycles. The summed E-state index contributed by atoms with van der Waals surface area (Å²) in [6, 6.07) is 10.7. The first-order valence-electron chi connectivity index (χ1n) is 8.98. The zero-order valence-electron chi connectivity index (χ0n) is 15.3. The number of halogens is 1. The summed E-state index contributed by atoms with van der Waals surface area (Å²) in [5, 5.41) is 5.70. The number of imidazole rings is 1. The molecule has 0 fully saturated rings. The fraction of sp³-hybridized carbons (Fsp3) is 0.190. The van der Waals surface area contributed by atoms with Crippen molar-refractivity contribution < 1.29 is 14.0 Å². The van der Waals surface area contributed by atoms with Crippen molar-refractivity contribution >= 4 is 17.5 Å². The van der Waals surface area contributed by atoms with Crippen molar-refractivity contribution in [2.75, 3.05) is 5.32 Å². The van der Waals surface area contributed by atoms with Crippen LogP contribution in [0.25, 0.3) is 0 Å². The summed E-state index contributed by atoms with van der Waals surface area (Å²) in [7, 11) is 1.80. The number of anilines is 1. The molecular formula is C21H19FN4O2. The lowest BCUT2D eigenvalue weighted by Crippen LogP contribution is -2.32. The first-order valence-corrected chi connectivity index (χ1v) is 8.98. The maximum absolute atomic E-state index is 14.4. The van der Waals surface area contributed by atoms with Gasteiger partial charge in [-0.3, -0.25) is 9.59 Å². The van der Waals surface area contributed by atoms with Crippen LogP contribution in [0.1, 0.15) is 39.8 Å². The molecule has 1 aromatic heterocycles. The molecule has 0 spiro atoms. The predicted octanol–water partition coefficient (Wildman–Crippen LogP) is 2.96. The van der Waals surface area contributed by atoms with Gasteiger partial charge >= 0.3 is 0 Å². The summed E-state index contributed by atoms with van der Waals surface area (Å²) in [6.45, 7) is 0. The van der Waals surface area contributed by atoms with Gasteiger partial charge in [0.2, 0.25) is 5.91 Å². The van der Waals surface area contributed by atoms with Crippen LogP contribution in [0.15, 0.2) is 54.9 Å². The van der Waals surface area contributed by atoms with E-state index in [1.807, 2.05) is 0 Å². The van der Waals surface area contributed by atoms with Crippen molar-refractivity contribution in [2.24, 2.45) is 7.05 Å². The van der Waals surface area contributed by atoms with Gasteiger partial charge in [0.1, 0.15) is 17.7 Å². The zero-order chi connectivity index (χ0) is 19.7. The van der Waals surface area contributed by atoms with Gasteiger partial charge in [-0.25, -0.2) is 9.37 Å². The zero-order valence-corrected chi connectivity index (χ0v) is 15.3. The molecule has 7 heteroatoms. The van der Waals surface area contributed by atoms with Crippen LogP contribution in [0.3, 0.4) is 0 Å². The normalized spacial score (nSPS) is 14.1. The summed E-state index contributed by atoms with van der Waals surface area (Å²) in [4.78, 5) is 28.7. The smallest absolute Gasteiger partial charge is 0.252 e. The molecule has 1 unspecified atom stereocenters. The van der Waals surface area contributed by atoms with E-state index >= 15 is 0 Å². The lowest BCUT2D eigenvalue weighted by molar-refractivity contribution is -0.116. The van der Waals surface area contributed by atoms with Gasteiger partial charge in [-0.05, 0) is 36.2 Å². The summed E-state index contributed by atoms with van der Waals surface area (Å²) < 4.78 is 16.2. The van der Waals surface area contributed by atoms with Gasteiger partial charge in [0.15, 0.2) is 0 Å². The Morgan fingerprint density at radius 1 is 1.25 bits per heavy atom. The summed E-state index contributed by atoms with van der Waals surface area (Å²) in [5.74, 6) is -0.248. The molecule has 0 bridgehead atoms.